The van der Waals surface area contributed by atoms with Gasteiger partial charge in [0, 0.05) is 10.5 Å². The summed E-state index contributed by atoms with van der Waals surface area (Å²) >= 11 is 13.4. The van der Waals surface area contributed by atoms with Crippen LogP contribution in [-0.4, -0.2) is 4.98 Å². The lowest BCUT2D eigenvalue weighted by atomic mass is 10.00. The number of nitrogen functional groups attached to an aromatic ring is 1. The van der Waals surface area contributed by atoms with E-state index in [1.165, 1.54) is 11.8 Å². The van der Waals surface area contributed by atoms with Crippen molar-refractivity contribution in [3.8, 4) is 17.2 Å². The average molecular weight is 397 g/mol. The van der Waals surface area contributed by atoms with Gasteiger partial charge in [-0.15, -0.1) is 0 Å². The number of halogens is 2. The zero-order valence-corrected chi connectivity index (χ0v) is 15.5. The van der Waals surface area contributed by atoms with Gasteiger partial charge in [-0.3, -0.25) is 0 Å². The summed E-state index contributed by atoms with van der Waals surface area (Å²) in [4.78, 5) is 8.82. The molecule has 3 rings (SSSR count). The van der Waals surface area contributed by atoms with Crippen LogP contribution < -0.4 is 5.73 Å². The summed E-state index contributed by atoms with van der Waals surface area (Å²) in [5, 5.41) is 10.7. The van der Waals surface area contributed by atoms with Gasteiger partial charge in [0.25, 0.3) is 0 Å². The van der Waals surface area contributed by atoms with Gasteiger partial charge in [-0.1, -0.05) is 59.2 Å². The molecule has 0 aliphatic carbocycles. The van der Waals surface area contributed by atoms with Gasteiger partial charge in [0.2, 0.25) is 5.69 Å². The van der Waals surface area contributed by atoms with E-state index in [2.05, 4.69) is 9.83 Å². The molecular weight excluding hydrogens is 387 g/mol. The second kappa shape index (κ2) is 7.68. The molecule has 0 saturated carbocycles. The second-order valence-electron chi connectivity index (χ2n) is 5.17. The van der Waals surface area contributed by atoms with Crippen LogP contribution in [0.25, 0.3) is 16.0 Å². The molecule has 1 heterocycles. The minimum Gasteiger partial charge on any atom is -0.383 e. The molecule has 0 atom stereocenters. The standard InChI is InChI=1S/C19H10Cl2N4S/c1-24-17-16(11-7-8-14(20)15(21)9-11)13(10-22)18(23)25-19(17)26-12-5-3-2-4-6-12/h2-9H,(H2,23,25). The zero-order valence-electron chi connectivity index (χ0n) is 13.2. The number of aromatic nitrogens is 1. The monoisotopic (exact) mass is 396 g/mol. The number of benzene rings is 2. The first-order chi connectivity index (χ1) is 12.5. The van der Waals surface area contributed by atoms with Crippen molar-refractivity contribution in [2.45, 2.75) is 9.92 Å². The molecule has 1 aromatic heterocycles. The number of rotatable bonds is 3. The SMILES string of the molecule is [C-]#[N+]c1c(Sc2ccccc2)nc(N)c(C#N)c1-c1ccc(Cl)c(Cl)c1. The molecule has 0 aliphatic rings. The Hall–Kier alpha value is -2.70. The first-order valence-electron chi connectivity index (χ1n) is 7.34. The summed E-state index contributed by atoms with van der Waals surface area (Å²) in [6.07, 6.45) is 0. The highest BCUT2D eigenvalue weighted by Crippen LogP contribution is 2.44. The van der Waals surface area contributed by atoms with E-state index in [4.69, 9.17) is 35.5 Å². The lowest BCUT2D eigenvalue weighted by Crippen LogP contribution is -2.00. The van der Waals surface area contributed by atoms with E-state index in [1.54, 1.807) is 18.2 Å². The van der Waals surface area contributed by atoms with Crippen molar-refractivity contribution in [3.05, 3.63) is 75.6 Å². The van der Waals surface area contributed by atoms with Gasteiger partial charge in [-0.05, 0) is 29.8 Å². The molecule has 2 N–H and O–H groups in total. The first kappa shape index (κ1) is 18.1. The number of anilines is 1. The van der Waals surface area contributed by atoms with E-state index in [1.807, 2.05) is 36.4 Å². The van der Waals surface area contributed by atoms with Crippen molar-refractivity contribution in [1.82, 2.24) is 4.98 Å². The molecule has 126 valence electrons. The van der Waals surface area contributed by atoms with Gasteiger partial charge in [0.1, 0.15) is 16.9 Å². The normalized spacial score (nSPS) is 10.2. The quantitative estimate of drug-likeness (QED) is 0.534. The molecule has 3 aromatic rings. The number of hydrogen-bond acceptors (Lipinski definition) is 4. The molecule has 0 radical (unpaired) electrons. The highest BCUT2D eigenvalue weighted by Gasteiger charge is 2.21. The lowest BCUT2D eigenvalue weighted by molar-refractivity contribution is 1.15. The van der Waals surface area contributed by atoms with Crippen LogP contribution in [0.1, 0.15) is 5.56 Å². The Morgan fingerprint density at radius 3 is 2.46 bits per heavy atom. The lowest BCUT2D eigenvalue weighted by Gasteiger charge is -2.13. The molecular formula is C19H10Cl2N4S. The Bertz CT molecular complexity index is 1070. The topological polar surface area (TPSA) is 67.1 Å². The summed E-state index contributed by atoms with van der Waals surface area (Å²) in [6.45, 7) is 7.64. The fraction of sp³-hybridized carbons (Fsp3) is 0. The van der Waals surface area contributed by atoms with Gasteiger partial charge >= 0.3 is 0 Å². The van der Waals surface area contributed by atoms with E-state index in [9.17, 15) is 5.26 Å². The van der Waals surface area contributed by atoms with Crippen LogP contribution in [0, 0.1) is 17.9 Å². The molecule has 0 spiro atoms. The van der Waals surface area contributed by atoms with Gasteiger partial charge in [0.05, 0.1) is 22.2 Å². The minimum atomic E-state index is 0.0689. The van der Waals surface area contributed by atoms with E-state index in [0.29, 0.717) is 26.2 Å². The maximum absolute atomic E-state index is 9.55. The number of pyridine rings is 1. The largest absolute Gasteiger partial charge is 0.383 e. The summed E-state index contributed by atoms with van der Waals surface area (Å²) in [6, 6.07) is 16.5. The third kappa shape index (κ3) is 3.47. The van der Waals surface area contributed by atoms with Crippen molar-refractivity contribution in [2.24, 2.45) is 0 Å². The average Bonchev–Trinajstić information content (AvgIpc) is 2.64. The summed E-state index contributed by atoms with van der Waals surface area (Å²) in [5.41, 5.74) is 7.40. The summed E-state index contributed by atoms with van der Waals surface area (Å²) in [5.74, 6) is 0.0689. The van der Waals surface area contributed by atoms with Crippen LogP contribution in [-0.2, 0) is 0 Å². The van der Waals surface area contributed by atoms with Crippen LogP contribution in [0.3, 0.4) is 0 Å². The number of nitrogens with zero attached hydrogens (tertiary/aromatic N) is 3. The van der Waals surface area contributed by atoms with Gasteiger partial charge < -0.3 is 5.73 Å². The molecule has 7 heteroatoms. The molecule has 0 aliphatic heterocycles. The third-order valence-electron chi connectivity index (χ3n) is 3.56. The van der Waals surface area contributed by atoms with E-state index >= 15 is 0 Å². The number of hydrogen-bond donors (Lipinski definition) is 1. The maximum Gasteiger partial charge on any atom is 0.228 e. The Balaban J connectivity index is 2.26. The highest BCUT2D eigenvalue weighted by atomic mass is 35.5. The molecule has 0 amide bonds. The Kier molecular flexibility index (Phi) is 5.35. The Labute approximate surface area is 165 Å². The van der Waals surface area contributed by atoms with Crippen LogP contribution in [0.4, 0.5) is 11.5 Å². The van der Waals surface area contributed by atoms with Crippen molar-refractivity contribution < 1.29 is 0 Å². The molecule has 0 fully saturated rings. The van der Waals surface area contributed by atoms with E-state index in [0.717, 1.165) is 4.90 Å². The van der Waals surface area contributed by atoms with Crippen LogP contribution >= 0.6 is 35.0 Å². The third-order valence-corrected chi connectivity index (χ3v) is 5.28. The highest BCUT2D eigenvalue weighted by molar-refractivity contribution is 7.99. The number of nitrogens with two attached hydrogens (primary N) is 1. The molecule has 0 saturated heterocycles. The van der Waals surface area contributed by atoms with Gasteiger partial charge in [-0.2, -0.15) is 5.26 Å². The van der Waals surface area contributed by atoms with E-state index in [-0.39, 0.29) is 17.1 Å². The van der Waals surface area contributed by atoms with Gasteiger partial charge in [0.15, 0.2) is 0 Å². The fourth-order valence-corrected chi connectivity index (χ4v) is 3.60. The van der Waals surface area contributed by atoms with Crippen molar-refractivity contribution in [2.75, 3.05) is 5.73 Å². The smallest absolute Gasteiger partial charge is 0.228 e. The zero-order chi connectivity index (χ0) is 18.7. The fourth-order valence-electron chi connectivity index (χ4n) is 2.39. The first-order valence-corrected chi connectivity index (χ1v) is 8.91. The second-order valence-corrected chi connectivity index (χ2v) is 7.05. The predicted octanol–water partition coefficient (Wildman–Crippen LogP) is 6.21. The molecule has 26 heavy (non-hydrogen) atoms. The van der Waals surface area contributed by atoms with Gasteiger partial charge in [-0.25, -0.2) is 9.83 Å². The Morgan fingerprint density at radius 2 is 1.85 bits per heavy atom. The van der Waals surface area contributed by atoms with Crippen LogP contribution in [0.15, 0.2) is 58.5 Å². The molecule has 0 bridgehead atoms. The minimum absolute atomic E-state index is 0.0689. The van der Waals surface area contributed by atoms with Crippen LogP contribution in [0.2, 0.25) is 10.0 Å². The number of nitriles is 1. The van der Waals surface area contributed by atoms with Crippen LogP contribution in [0.5, 0.6) is 0 Å². The van der Waals surface area contributed by atoms with Crippen molar-refractivity contribution in [3.63, 3.8) is 0 Å². The maximum atomic E-state index is 9.55. The predicted molar refractivity (Wildman–Crippen MR) is 106 cm³/mol. The molecule has 2 aromatic carbocycles. The van der Waals surface area contributed by atoms with E-state index < -0.39 is 0 Å². The van der Waals surface area contributed by atoms with Crippen molar-refractivity contribution in [1.29, 1.82) is 5.26 Å². The molecule has 0 unspecified atom stereocenters. The van der Waals surface area contributed by atoms with Crippen molar-refractivity contribution >= 4 is 46.5 Å². The summed E-state index contributed by atoms with van der Waals surface area (Å²) < 4.78 is 0. The Morgan fingerprint density at radius 1 is 1.12 bits per heavy atom. The molecule has 4 nitrogen and oxygen atoms in total. The summed E-state index contributed by atoms with van der Waals surface area (Å²) in [7, 11) is 0.